The van der Waals surface area contributed by atoms with Crippen molar-refractivity contribution in [1.82, 2.24) is 4.84 Å². The van der Waals surface area contributed by atoms with Crippen molar-refractivity contribution in [1.29, 1.82) is 0 Å². The largest absolute Gasteiger partial charge is 0.493 e. The van der Waals surface area contributed by atoms with E-state index < -0.39 is 12.0 Å². The molecule has 0 saturated heterocycles. The predicted octanol–water partition coefficient (Wildman–Crippen LogP) is 2.61. The Labute approximate surface area is 123 Å². The smallest absolute Gasteiger partial charge is 0.322 e. The minimum absolute atomic E-state index is 0.220. The molecule has 0 aliphatic heterocycles. The van der Waals surface area contributed by atoms with Crippen LogP contribution in [0.1, 0.15) is 25.3 Å². The van der Waals surface area contributed by atoms with Gasteiger partial charge < -0.3 is 14.6 Å². The van der Waals surface area contributed by atoms with Gasteiger partial charge in [0.25, 0.3) is 0 Å². The summed E-state index contributed by atoms with van der Waals surface area (Å²) in [7, 11) is 1.56. The average molecular weight is 302 g/mol. The molecule has 2 N–H and O–H groups in total. The number of para-hydroxylation sites is 1. The topological polar surface area (TPSA) is 67.8 Å². The van der Waals surface area contributed by atoms with Crippen LogP contribution in [0.4, 0.5) is 0 Å². The molecule has 0 heterocycles. The Morgan fingerprint density at radius 3 is 2.80 bits per heavy atom. The van der Waals surface area contributed by atoms with Gasteiger partial charge in [-0.25, -0.2) is 4.84 Å². The van der Waals surface area contributed by atoms with Crippen molar-refractivity contribution in [2.24, 2.45) is 0 Å². The Morgan fingerprint density at radius 1 is 1.50 bits per heavy atom. The molecule has 0 unspecified atom stereocenters. The number of methoxy groups -OCH3 is 1. The molecule has 0 amide bonds. The van der Waals surface area contributed by atoms with Crippen LogP contribution in [-0.2, 0) is 11.2 Å². The second-order valence-electron chi connectivity index (χ2n) is 4.35. The minimum Gasteiger partial charge on any atom is -0.493 e. The molecule has 0 aromatic heterocycles. The maximum Gasteiger partial charge on any atom is 0.322 e. The van der Waals surface area contributed by atoms with Gasteiger partial charge in [0.1, 0.15) is 6.04 Å². The Morgan fingerprint density at radius 2 is 2.25 bits per heavy atom. The van der Waals surface area contributed by atoms with Crippen LogP contribution < -0.4 is 14.3 Å². The fourth-order valence-corrected chi connectivity index (χ4v) is 1.93. The van der Waals surface area contributed by atoms with Gasteiger partial charge in [-0.2, -0.15) is 0 Å². The molecule has 0 bridgehead atoms. The minimum atomic E-state index is -1.01. The molecule has 0 radical (unpaired) electrons. The molecule has 6 heteroatoms. The zero-order valence-corrected chi connectivity index (χ0v) is 12.4. The number of ether oxygens (including phenoxy) is 2. The highest BCUT2D eigenvalue weighted by molar-refractivity contribution is 6.14. The summed E-state index contributed by atoms with van der Waals surface area (Å²) in [4.78, 5) is 13.3. The molecule has 1 aromatic rings. The Balaban J connectivity index is 2.95. The first kappa shape index (κ1) is 16.6. The van der Waals surface area contributed by atoms with Gasteiger partial charge in [0, 0.05) is 12.0 Å². The summed E-state index contributed by atoms with van der Waals surface area (Å²) >= 11 is 5.46. The lowest BCUT2D eigenvalue weighted by molar-refractivity contribution is -0.138. The molecule has 1 aromatic carbocycles. The van der Waals surface area contributed by atoms with Gasteiger partial charge in [-0.1, -0.05) is 25.5 Å². The lowest BCUT2D eigenvalue weighted by Gasteiger charge is -2.17. The van der Waals surface area contributed by atoms with Crippen LogP contribution in [0, 0.1) is 0 Å². The van der Waals surface area contributed by atoms with E-state index in [1.54, 1.807) is 19.2 Å². The highest BCUT2D eigenvalue weighted by Gasteiger charge is 2.20. The number of carboxylic acid groups (broad SMARTS) is 1. The van der Waals surface area contributed by atoms with Crippen molar-refractivity contribution in [2.75, 3.05) is 13.7 Å². The third kappa shape index (κ3) is 4.58. The zero-order chi connectivity index (χ0) is 15.0. The summed E-state index contributed by atoms with van der Waals surface area (Å²) in [6.45, 7) is 2.64. The molecule has 20 heavy (non-hydrogen) atoms. The molecule has 5 nitrogen and oxygen atoms in total. The van der Waals surface area contributed by atoms with Gasteiger partial charge in [0.2, 0.25) is 0 Å². The summed E-state index contributed by atoms with van der Waals surface area (Å²) in [5.74, 6) is 0.168. The summed E-state index contributed by atoms with van der Waals surface area (Å²) in [6.07, 6.45) is 2.16. The number of hydrogen-bond acceptors (Lipinski definition) is 4. The van der Waals surface area contributed by atoms with E-state index in [4.69, 9.17) is 26.4 Å². The number of hydrogen-bond donors (Lipinski definition) is 2. The predicted molar refractivity (Wildman–Crippen MR) is 77.5 cm³/mol. The fourth-order valence-electron chi connectivity index (χ4n) is 1.76. The average Bonchev–Trinajstić information content (AvgIpc) is 2.45. The van der Waals surface area contributed by atoms with Crippen LogP contribution in [0.25, 0.3) is 0 Å². The first-order valence-electron chi connectivity index (χ1n) is 6.51. The normalized spacial score (nSPS) is 11.9. The fraction of sp³-hybridized carbons (Fsp3) is 0.500. The van der Waals surface area contributed by atoms with E-state index >= 15 is 0 Å². The summed E-state index contributed by atoms with van der Waals surface area (Å²) < 4.78 is 11.0. The van der Waals surface area contributed by atoms with Gasteiger partial charge in [-0.15, -0.1) is 0 Å². The third-order valence-electron chi connectivity index (χ3n) is 2.88. The van der Waals surface area contributed by atoms with E-state index in [9.17, 15) is 4.79 Å². The van der Waals surface area contributed by atoms with Crippen molar-refractivity contribution in [3.8, 4) is 11.5 Å². The summed E-state index contributed by atoms with van der Waals surface area (Å²) in [6, 6.07) is 4.52. The van der Waals surface area contributed by atoms with Crippen molar-refractivity contribution >= 4 is 17.7 Å². The second-order valence-corrected chi connectivity index (χ2v) is 4.57. The summed E-state index contributed by atoms with van der Waals surface area (Å²) in [5.41, 5.74) is 0.751. The molecule has 0 aliphatic rings. The van der Waals surface area contributed by atoms with E-state index in [1.807, 2.05) is 6.07 Å². The van der Waals surface area contributed by atoms with E-state index in [0.29, 0.717) is 18.1 Å². The number of carboxylic acids is 1. The number of halogens is 1. The lowest BCUT2D eigenvalue weighted by atomic mass is 10.0. The van der Waals surface area contributed by atoms with Crippen molar-refractivity contribution < 1.29 is 19.4 Å². The van der Waals surface area contributed by atoms with Crippen molar-refractivity contribution in [3.05, 3.63) is 23.8 Å². The molecule has 0 aliphatic carbocycles. The SMILES string of the molecule is CCCCOc1c(C[C@H](NCl)C(=O)O)cccc1OC. The first-order chi connectivity index (χ1) is 9.63. The molecule has 0 fully saturated rings. The molecule has 0 spiro atoms. The van der Waals surface area contributed by atoms with Gasteiger partial charge in [-0.05, 0) is 24.3 Å². The number of nitrogens with one attached hydrogen (secondary N) is 1. The third-order valence-corrected chi connectivity index (χ3v) is 3.14. The van der Waals surface area contributed by atoms with Crippen molar-refractivity contribution in [2.45, 2.75) is 32.2 Å². The van der Waals surface area contributed by atoms with Crippen LogP contribution in [0.5, 0.6) is 11.5 Å². The molecule has 1 atom stereocenters. The molecular weight excluding hydrogens is 282 g/mol. The van der Waals surface area contributed by atoms with Crippen LogP contribution in [0.15, 0.2) is 18.2 Å². The van der Waals surface area contributed by atoms with Crippen LogP contribution >= 0.6 is 11.8 Å². The molecule has 112 valence electrons. The number of rotatable bonds is 9. The highest BCUT2D eigenvalue weighted by Crippen LogP contribution is 2.32. The number of unbranched alkanes of at least 4 members (excludes halogenated alkanes) is 1. The Hall–Kier alpha value is -1.46. The second kappa shape index (κ2) is 8.66. The van der Waals surface area contributed by atoms with E-state index in [1.165, 1.54) is 0 Å². The number of aliphatic carboxylic acids is 1. The van der Waals surface area contributed by atoms with Crippen LogP contribution in [0.2, 0.25) is 0 Å². The van der Waals surface area contributed by atoms with Crippen LogP contribution in [0.3, 0.4) is 0 Å². The van der Waals surface area contributed by atoms with Gasteiger partial charge in [0.05, 0.1) is 13.7 Å². The quantitative estimate of drug-likeness (QED) is 0.542. The molecular formula is C14H20ClNO4. The highest BCUT2D eigenvalue weighted by atomic mass is 35.5. The van der Waals surface area contributed by atoms with Crippen LogP contribution in [-0.4, -0.2) is 30.8 Å². The van der Waals surface area contributed by atoms with Gasteiger partial charge in [0.15, 0.2) is 11.5 Å². The molecule has 1 rings (SSSR count). The number of carbonyl (C=O) groups is 1. The van der Waals surface area contributed by atoms with E-state index in [-0.39, 0.29) is 6.42 Å². The van der Waals surface area contributed by atoms with E-state index in [2.05, 4.69) is 11.8 Å². The molecule has 0 saturated carbocycles. The van der Waals surface area contributed by atoms with E-state index in [0.717, 1.165) is 18.4 Å². The first-order valence-corrected chi connectivity index (χ1v) is 6.89. The maximum atomic E-state index is 11.0. The maximum absolute atomic E-state index is 11.0. The number of benzene rings is 1. The Kier molecular flexibility index (Phi) is 7.18. The Bertz CT molecular complexity index is 439. The summed E-state index contributed by atoms with van der Waals surface area (Å²) in [5, 5.41) is 9.05. The monoisotopic (exact) mass is 301 g/mol. The van der Waals surface area contributed by atoms with Crippen molar-refractivity contribution in [3.63, 3.8) is 0 Å². The van der Waals surface area contributed by atoms with Gasteiger partial charge >= 0.3 is 5.97 Å². The zero-order valence-electron chi connectivity index (χ0n) is 11.7. The standard InChI is InChI=1S/C14H20ClNO4/c1-3-4-8-20-13-10(6-5-7-12(13)19-2)9-11(16-15)14(17)18/h5-7,11,16H,3-4,8-9H2,1-2H3,(H,17,18)/t11-/m0/s1. The lowest BCUT2D eigenvalue weighted by Crippen LogP contribution is -2.32. The van der Waals surface area contributed by atoms with Gasteiger partial charge in [-0.3, -0.25) is 4.79 Å².